The summed E-state index contributed by atoms with van der Waals surface area (Å²) in [7, 11) is 0. The summed E-state index contributed by atoms with van der Waals surface area (Å²) in [4.78, 5) is 0. The molecule has 0 aliphatic heterocycles. The average molecular weight is 190 g/mol. The number of hydrogen-bond acceptors (Lipinski definition) is 1. The minimum absolute atomic E-state index is 0.465. The van der Waals surface area contributed by atoms with Gasteiger partial charge in [-0.3, -0.25) is 0 Å². The van der Waals surface area contributed by atoms with Crippen LogP contribution in [0.3, 0.4) is 0 Å². The molecule has 1 N–H and O–H groups in total. The number of alkyl halides is 1. The minimum Gasteiger partial charge on any atom is -0.316 e. The highest BCUT2D eigenvalue weighted by Gasteiger charge is 2.18. The maximum absolute atomic E-state index is 6.02. The molecule has 0 atom stereocenters. The molecule has 0 saturated heterocycles. The van der Waals surface area contributed by atoms with Gasteiger partial charge >= 0.3 is 0 Å². The fraction of sp³-hybridized carbons (Fsp3) is 1.00. The van der Waals surface area contributed by atoms with Crippen molar-refractivity contribution < 1.29 is 0 Å². The van der Waals surface area contributed by atoms with Gasteiger partial charge in [0.2, 0.25) is 0 Å². The lowest BCUT2D eigenvalue weighted by molar-refractivity contribution is 0.346. The molecule has 72 valence electrons. The fourth-order valence-corrected chi connectivity index (χ4v) is 2.06. The number of halogens is 1. The number of nitrogens with one attached hydrogen (secondary N) is 1. The number of rotatable bonds is 4. The van der Waals surface area contributed by atoms with E-state index in [1.165, 1.54) is 45.2 Å². The lowest BCUT2D eigenvalue weighted by Gasteiger charge is -2.24. The molecule has 0 aromatic rings. The van der Waals surface area contributed by atoms with E-state index in [9.17, 15) is 0 Å². The van der Waals surface area contributed by atoms with E-state index in [-0.39, 0.29) is 0 Å². The van der Waals surface area contributed by atoms with E-state index < -0.39 is 0 Å². The van der Waals surface area contributed by atoms with Gasteiger partial charge in [-0.05, 0) is 51.1 Å². The molecule has 1 aliphatic rings. The van der Waals surface area contributed by atoms with Crippen molar-refractivity contribution in [3.8, 4) is 0 Å². The SMILES string of the molecule is CCCNCC1CCC(Cl)CC1. The van der Waals surface area contributed by atoms with Crippen LogP contribution in [0.15, 0.2) is 0 Å². The molecule has 1 aliphatic carbocycles. The first-order valence-electron chi connectivity index (χ1n) is 5.17. The Hall–Kier alpha value is 0.250. The van der Waals surface area contributed by atoms with Crippen LogP contribution in [0.25, 0.3) is 0 Å². The first-order valence-corrected chi connectivity index (χ1v) is 5.61. The minimum atomic E-state index is 0.465. The van der Waals surface area contributed by atoms with Crippen molar-refractivity contribution in [3.63, 3.8) is 0 Å². The Labute approximate surface area is 80.9 Å². The highest BCUT2D eigenvalue weighted by molar-refractivity contribution is 6.20. The number of hydrogen-bond donors (Lipinski definition) is 1. The normalized spacial score (nSPS) is 30.5. The maximum Gasteiger partial charge on any atom is 0.0336 e. The standard InChI is InChI=1S/C10H20ClN/c1-2-7-12-8-9-3-5-10(11)6-4-9/h9-10,12H,2-8H2,1H3. The van der Waals surface area contributed by atoms with Crippen LogP contribution in [0.4, 0.5) is 0 Å². The quantitative estimate of drug-likeness (QED) is 0.530. The summed E-state index contributed by atoms with van der Waals surface area (Å²) in [6.45, 7) is 4.58. The fourth-order valence-electron chi connectivity index (χ4n) is 1.81. The van der Waals surface area contributed by atoms with Crippen LogP contribution in [0.5, 0.6) is 0 Å². The summed E-state index contributed by atoms with van der Waals surface area (Å²) < 4.78 is 0. The van der Waals surface area contributed by atoms with Gasteiger partial charge in [0.1, 0.15) is 0 Å². The van der Waals surface area contributed by atoms with Gasteiger partial charge in [-0.1, -0.05) is 6.92 Å². The summed E-state index contributed by atoms with van der Waals surface area (Å²) >= 11 is 6.02. The zero-order chi connectivity index (χ0) is 8.81. The highest BCUT2D eigenvalue weighted by Crippen LogP contribution is 2.26. The third-order valence-corrected chi connectivity index (χ3v) is 3.07. The van der Waals surface area contributed by atoms with Gasteiger partial charge in [0, 0.05) is 5.38 Å². The van der Waals surface area contributed by atoms with Gasteiger partial charge < -0.3 is 5.32 Å². The molecule has 1 nitrogen and oxygen atoms in total. The van der Waals surface area contributed by atoms with E-state index in [1.807, 2.05) is 0 Å². The van der Waals surface area contributed by atoms with Crippen molar-refractivity contribution in [2.45, 2.75) is 44.4 Å². The summed E-state index contributed by atoms with van der Waals surface area (Å²) in [6.07, 6.45) is 6.33. The summed E-state index contributed by atoms with van der Waals surface area (Å²) in [6, 6.07) is 0. The monoisotopic (exact) mass is 189 g/mol. The highest BCUT2D eigenvalue weighted by atomic mass is 35.5. The summed E-state index contributed by atoms with van der Waals surface area (Å²) in [5.74, 6) is 0.895. The van der Waals surface area contributed by atoms with Crippen molar-refractivity contribution in [3.05, 3.63) is 0 Å². The Bertz CT molecular complexity index is 108. The molecule has 1 rings (SSSR count). The van der Waals surface area contributed by atoms with Crippen molar-refractivity contribution >= 4 is 11.6 Å². The van der Waals surface area contributed by atoms with Gasteiger partial charge in [0.25, 0.3) is 0 Å². The Kier molecular flexibility index (Phi) is 5.01. The molecule has 0 unspecified atom stereocenters. The molecule has 0 amide bonds. The molecule has 12 heavy (non-hydrogen) atoms. The topological polar surface area (TPSA) is 12.0 Å². The molecule has 1 saturated carbocycles. The Morgan fingerprint density at radius 2 is 1.92 bits per heavy atom. The molecule has 2 heteroatoms. The molecule has 0 spiro atoms. The molecule has 0 bridgehead atoms. The largest absolute Gasteiger partial charge is 0.316 e. The Morgan fingerprint density at radius 3 is 2.50 bits per heavy atom. The summed E-state index contributed by atoms with van der Waals surface area (Å²) in [5, 5.41) is 3.94. The van der Waals surface area contributed by atoms with Crippen LogP contribution in [0, 0.1) is 5.92 Å². The predicted octanol–water partition coefficient (Wildman–Crippen LogP) is 2.78. The molecule has 0 aromatic heterocycles. The Balaban J connectivity index is 2.01. The molecular formula is C10H20ClN. The van der Waals surface area contributed by atoms with Crippen molar-refractivity contribution in [1.82, 2.24) is 5.32 Å². The van der Waals surface area contributed by atoms with Crippen LogP contribution in [-0.2, 0) is 0 Å². The van der Waals surface area contributed by atoms with Crippen LogP contribution in [-0.4, -0.2) is 18.5 Å². The third kappa shape index (κ3) is 3.77. The van der Waals surface area contributed by atoms with Crippen LogP contribution in [0.2, 0.25) is 0 Å². The van der Waals surface area contributed by atoms with E-state index >= 15 is 0 Å². The van der Waals surface area contributed by atoms with Crippen LogP contribution >= 0.6 is 11.6 Å². The van der Waals surface area contributed by atoms with Gasteiger partial charge in [-0.25, -0.2) is 0 Å². The van der Waals surface area contributed by atoms with Gasteiger partial charge in [-0.15, -0.1) is 11.6 Å². The Morgan fingerprint density at radius 1 is 1.25 bits per heavy atom. The van der Waals surface area contributed by atoms with Crippen LogP contribution in [0.1, 0.15) is 39.0 Å². The molecular weight excluding hydrogens is 170 g/mol. The molecule has 0 aromatic carbocycles. The van der Waals surface area contributed by atoms with E-state index in [2.05, 4.69) is 12.2 Å². The lowest BCUT2D eigenvalue weighted by Crippen LogP contribution is -2.27. The van der Waals surface area contributed by atoms with Crippen molar-refractivity contribution in [1.29, 1.82) is 0 Å². The van der Waals surface area contributed by atoms with E-state index in [0.717, 1.165) is 5.92 Å². The van der Waals surface area contributed by atoms with Gasteiger partial charge in [0.15, 0.2) is 0 Å². The predicted molar refractivity (Wildman–Crippen MR) is 54.8 cm³/mol. The van der Waals surface area contributed by atoms with E-state index in [4.69, 9.17) is 11.6 Å². The lowest BCUT2D eigenvalue weighted by atomic mass is 9.89. The average Bonchev–Trinajstić information content (AvgIpc) is 2.09. The first kappa shape index (κ1) is 10.3. The van der Waals surface area contributed by atoms with E-state index in [0.29, 0.717) is 5.38 Å². The maximum atomic E-state index is 6.02. The molecule has 1 fully saturated rings. The van der Waals surface area contributed by atoms with Gasteiger partial charge in [0.05, 0.1) is 0 Å². The van der Waals surface area contributed by atoms with Gasteiger partial charge in [-0.2, -0.15) is 0 Å². The molecule has 0 heterocycles. The zero-order valence-electron chi connectivity index (χ0n) is 7.98. The van der Waals surface area contributed by atoms with E-state index in [1.54, 1.807) is 0 Å². The van der Waals surface area contributed by atoms with Crippen LogP contribution < -0.4 is 5.32 Å². The second-order valence-corrected chi connectivity index (χ2v) is 4.44. The van der Waals surface area contributed by atoms with Crippen molar-refractivity contribution in [2.75, 3.05) is 13.1 Å². The first-order chi connectivity index (χ1) is 5.83. The smallest absolute Gasteiger partial charge is 0.0336 e. The zero-order valence-corrected chi connectivity index (χ0v) is 8.74. The summed E-state index contributed by atoms with van der Waals surface area (Å²) in [5.41, 5.74) is 0. The third-order valence-electron chi connectivity index (χ3n) is 2.64. The molecule has 0 radical (unpaired) electrons. The van der Waals surface area contributed by atoms with Crippen molar-refractivity contribution in [2.24, 2.45) is 5.92 Å². The second kappa shape index (κ2) is 5.82. The second-order valence-electron chi connectivity index (χ2n) is 3.82.